The number of rotatable bonds is 3. The quantitative estimate of drug-likeness (QED) is 0.625. The highest BCUT2D eigenvalue weighted by atomic mass is 79.9. The largest absolute Gasteiger partial charge is 0.0622 e. The monoisotopic (exact) mass is 299 g/mol. The number of fused-ring (bicyclic) bond motifs is 3. The predicted octanol–water partition coefficient (Wildman–Crippen LogP) is 5.18. The van der Waals surface area contributed by atoms with E-state index in [1.165, 1.54) is 32.3 Å². The van der Waals surface area contributed by atoms with Gasteiger partial charge in [-0.05, 0) is 65.6 Å². The van der Waals surface area contributed by atoms with Crippen molar-refractivity contribution in [3.8, 4) is 11.1 Å². The van der Waals surface area contributed by atoms with Gasteiger partial charge in [-0.15, -0.1) is 0 Å². The third-order valence-corrected chi connectivity index (χ3v) is 4.12. The van der Waals surface area contributed by atoms with E-state index in [1.54, 1.807) is 0 Å². The molecule has 0 N–H and O–H groups in total. The van der Waals surface area contributed by atoms with Gasteiger partial charge in [0.25, 0.3) is 0 Å². The third kappa shape index (κ3) is 2.12. The summed E-state index contributed by atoms with van der Waals surface area (Å²) in [6.07, 6.45) is 5.63. The van der Waals surface area contributed by atoms with Crippen LogP contribution in [0.15, 0.2) is 40.9 Å². The minimum absolute atomic E-state index is 1.08. The van der Waals surface area contributed by atoms with Crippen molar-refractivity contribution in [2.45, 2.75) is 26.2 Å². The van der Waals surface area contributed by atoms with Crippen LogP contribution in [0.5, 0.6) is 0 Å². The summed E-state index contributed by atoms with van der Waals surface area (Å²) < 4.78 is 1.18. The Morgan fingerprint density at radius 3 is 2.56 bits per heavy atom. The highest BCUT2D eigenvalue weighted by molar-refractivity contribution is 9.10. The van der Waals surface area contributed by atoms with Gasteiger partial charge in [0.1, 0.15) is 0 Å². The van der Waals surface area contributed by atoms with Gasteiger partial charge >= 0.3 is 0 Å². The van der Waals surface area contributed by atoms with Gasteiger partial charge in [0.15, 0.2) is 0 Å². The smallest absolute Gasteiger partial charge is 0.0178 e. The molecule has 0 saturated heterocycles. The standard InChI is InChI=1S/C17H16Br/c1-2-3-4-12-5-7-16-13(9-12)10-14-11-15(18)6-8-17(14)16/h2,5-9,11H,3-4,10H2,1H3. The molecule has 0 bridgehead atoms. The zero-order valence-corrected chi connectivity index (χ0v) is 12.1. The van der Waals surface area contributed by atoms with Gasteiger partial charge < -0.3 is 0 Å². The molecule has 0 heterocycles. The minimum atomic E-state index is 1.08. The Hall–Kier alpha value is -1.08. The zero-order chi connectivity index (χ0) is 12.5. The fourth-order valence-electron chi connectivity index (χ4n) is 2.70. The Bertz CT molecular complexity index is 584. The summed E-state index contributed by atoms with van der Waals surface area (Å²) in [4.78, 5) is 0. The first-order valence-electron chi connectivity index (χ1n) is 6.46. The molecule has 0 saturated carbocycles. The van der Waals surface area contributed by atoms with Gasteiger partial charge in [0.2, 0.25) is 0 Å². The summed E-state index contributed by atoms with van der Waals surface area (Å²) >= 11 is 3.55. The lowest BCUT2D eigenvalue weighted by Gasteiger charge is -2.04. The van der Waals surface area contributed by atoms with Crippen LogP contribution in [0.2, 0.25) is 0 Å². The van der Waals surface area contributed by atoms with Crippen LogP contribution in [0.1, 0.15) is 30.0 Å². The maximum Gasteiger partial charge on any atom is 0.0178 e. The van der Waals surface area contributed by atoms with Crippen LogP contribution in [0, 0.1) is 6.42 Å². The van der Waals surface area contributed by atoms with Gasteiger partial charge in [-0.3, -0.25) is 0 Å². The van der Waals surface area contributed by atoms with Crippen LogP contribution in [0.3, 0.4) is 0 Å². The van der Waals surface area contributed by atoms with E-state index in [-0.39, 0.29) is 0 Å². The van der Waals surface area contributed by atoms with E-state index < -0.39 is 0 Å². The second-order valence-corrected chi connectivity index (χ2v) is 5.83. The van der Waals surface area contributed by atoms with Gasteiger partial charge in [-0.1, -0.05) is 47.1 Å². The summed E-state index contributed by atoms with van der Waals surface area (Å²) in [5.74, 6) is 0. The number of unbranched alkanes of at least 4 members (excludes halogenated alkanes) is 1. The fourth-order valence-corrected chi connectivity index (χ4v) is 3.11. The van der Waals surface area contributed by atoms with Gasteiger partial charge in [0.05, 0.1) is 0 Å². The van der Waals surface area contributed by atoms with E-state index in [2.05, 4.69) is 65.7 Å². The summed E-state index contributed by atoms with van der Waals surface area (Å²) in [6.45, 7) is 2.13. The van der Waals surface area contributed by atoms with E-state index in [0.29, 0.717) is 0 Å². The van der Waals surface area contributed by atoms with Crippen molar-refractivity contribution in [3.05, 3.63) is 64.0 Å². The number of halogens is 1. The Balaban J connectivity index is 1.96. The Kier molecular flexibility index (Phi) is 3.25. The van der Waals surface area contributed by atoms with Crippen LogP contribution in [0.25, 0.3) is 11.1 Å². The molecule has 0 fully saturated rings. The second kappa shape index (κ2) is 4.89. The van der Waals surface area contributed by atoms with Crippen molar-refractivity contribution in [1.29, 1.82) is 0 Å². The average molecular weight is 300 g/mol. The van der Waals surface area contributed by atoms with E-state index in [4.69, 9.17) is 0 Å². The number of aryl methyl sites for hydroxylation is 1. The maximum atomic E-state index is 3.55. The molecule has 1 aliphatic rings. The summed E-state index contributed by atoms with van der Waals surface area (Å²) in [7, 11) is 0. The first-order valence-corrected chi connectivity index (χ1v) is 7.25. The van der Waals surface area contributed by atoms with Crippen molar-refractivity contribution < 1.29 is 0 Å². The minimum Gasteiger partial charge on any atom is -0.0622 e. The van der Waals surface area contributed by atoms with Crippen LogP contribution in [-0.4, -0.2) is 0 Å². The van der Waals surface area contributed by atoms with Crippen LogP contribution in [0.4, 0.5) is 0 Å². The first-order chi connectivity index (χ1) is 8.78. The Morgan fingerprint density at radius 2 is 1.78 bits per heavy atom. The average Bonchev–Trinajstić information content (AvgIpc) is 2.72. The normalized spacial score (nSPS) is 12.3. The van der Waals surface area contributed by atoms with Crippen molar-refractivity contribution in [2.24, 2.45) is 0 Å². The van der Waals surface area contributed by atoms with Crippen molar-refractivity contribution >= 4 is 15.9 Å². The molecule has 1 aliphatic carbocycles. The van der Waals surface area contributed by atoms with E-state index in [1.807, 2.05) is 0 Å². The molecule has 2 aromatic rings. The van der Waals surface area contributed by atoms with Crippen LogP contribution < -0.4 is 0 Å². The lowest BCUT2D eigenvalue weighted by Crippen LogP contribution is -1.88. The SMILES string of the molecule is C[CH]CCc1ccc2c(c1)Cc1cc(Br)ccc1-2. The summed E-state index contributed by atoms with van der Waals surface area (Å²) in [6, 6.07) is 13.6. The van der Waals surface area contributed by atoms with Crippen molar-refractivity contribution in [3.63, 3.8) is 0 Å². The molecule has 1 heteroatoms. The van der Waals surface area contributed by atoms with E-state index >= 15 is 0 Å². The summed E-state index contributed by atoms with van der Waals surface area (Å²) in [5, 5.41) is 0. The van der Waals surface area contributed by atoms with Gasteiger partial charge in [-0.2, -0.15) is 0 Å². The number of hydrogen-bond acceptors (Lipinski definition) is 0. The van der Waals surface area contributed by atoms with Gasteiger partial charge in [-0.25, -0.2) is 0 Å². The first kappa shape index (κ1) is 12.0. The highest BCUT2D eigenvalue weighted by Gasteiger charge is 2.18. The van der Waals surface area contributed by atoms with Gasteiger partial charge in [0, 0.05) is 4.47 Å². The van der Waals surface area contributed by atoms with Crippen LogP contribution >= 0.6 is 15.9 Å². The zero-order valence-electron chi connectivity index (χ0n) is 10.5. The number of benzene rings is 2. The molecule has 2 aromatic carbocycles. The molecule has 1 radical (unpaired) electrons. The molecule has 18 heavy (non-hydrogen) atoms. The molecule has 91 valence electrons. The summed E-state index contributed by atoms with van der Waals surface area (Å²) in [5.41, 5.74) is 7.21. The van der Waals surface area contributed by atoms with E-state index in [9.17, 15) is 0 Å². The molecular weight excluding hydrogens is 284 g/mol. The lowest BCUT2D eigenvalue weighted by atomic mass is 10.0. The Morgan fingerprint density at radius 1 is 1.06 bits per heavy atom. The third-order valence-electron chi connectivity index (χ3n) is 3.63. The molecule has 0 unspecified atom stereocenters. The lowest BCUT2D eigenvalue weighted by molar-refractivity contribution is 0.934. The molecule has 3 rings (SSSR count). The second-order valence-electron chi connectivity index (χ2n) is 4.92. The molecule has 0 aromatic heterocycles. The van der Waals surface area contributed by atoms with E-state index in [0.717, 1.165) is 19.3 Å². The number of hydrogen-bond donors (Lipinski definition) is 0. The predicted molar refractivity (Wildman–Crippen MR) is 80.7 cm³/mol. The molecule has 0 amide bonds. The highest BCUT2D eigenvalue weighted by Crippen LogP contribution is 2.38. The Labute approximate surface area is 117 Å². The molecule has 0 nitrogen and oxygen atoms in total. The fraction of sp³-hybridized carbons (Fsp3) is 0.235. The molecular formula is C17H16Br. The molecule has 0 atom stereocenters. The maximum absolute atomic E-state index is 3.55. The molecule has 0 spiro atoms. The van der Waals surface area contributed by atoms with Crippen LogP contribution in [-0.2, 0) is 12.8 Å². The van der Waals surface area contributed by atoms with Crippen molar-refractivity contribution in [2.75, 3.05) is 0 Å². The van der Waals surface area contributed by atoms with Crippen molar-refractivity contribution in [1.82, 2.24) is 0 Å². The topological polar surface area (TPSA) is 0 Å². The molecule has 0 aliphatic heterocycles.